The molecule has 33 heavy (non-hydrogen) atoms. The summed E-state index contributed by atoms with van der Waals surface area (Å²) in [5, 5.41) is 5.23. The highest BCUT2D eigenvalue weighted by atomic mass is 32.2. The van der Waals surface area contributed by atoms with Crippen LogP contribution in [0.1, 0.15) is 31.9 Å². The molecule has 0 saturated carbocycles. The smallest absolute Gasteiger partial charge is 0.310 e. The Bertz CT molecular complexity index is 1350. The second-order valence-corrected chi connectivity index (χ2v) is 9.30. The number of fused-ring (bicyclic) bond motifs is 1. The summed E-state index contributed by atoms with van der Waals surface area (Å²) in [4.78, 5) is 23.6. The van der Waals surface area contributed by atoms with Gasteiger partial charge in [0.15, 0.2) is 21.3 Å². The van der Waals surface area contributed by atoms with Gasteiger partial charge in [-0.3, -0.25) is 9.78 Å². The zero-order valence-electron chi connectivity index (χ0n) is 18.3. The largest absolute Gasteiger partial charge is 0.417 e. The molecule has 3 aromatic rings. The van der Waals surface area contributed by atoms with Crippen LogP contribution in [-0.4, -0.2) is 57.4 Å². The number of carbonyl (C=O) groups excluding carboxylic acids is 1. The molecule has 9 nitrogen and oxygen atoms in total. The molecule has 176 valence electrons. The number of hydrazone groups is 1. The highest BCUT2D eigenvalue weighted by molar-refractivity contribution is 7.91. The van der Waals surface area contributed by atoms with E-state index < -0.39 is 21.6 Å². The topological polar surface area (TPSA) is 110 Å². The predicted octanol–water partition coefficient (Wildman–Crippen LogP) is 3.05. The molecule has 0 aliphatic heterocycles. The maximum atomic E-state index is 13.1. The summed E-state index contributed by atoms with van der Waals surface area (Å²) in [5.41, 5.74) is -0.574. The number of carbonyl (C=O) groups is 1. The van der Waals surface area contributed by atoms with Gasteiger partial charge >= 0.3 is 6.18 Å². The standard InChI is InChI=1S/C20H21F3N6O3S/c1-5-29(12(3)30)26-10-13-7-16(33(31,32)6-2)17(24-9-13)19-27-15-8-14(20(21,22)23)11-25-18(15)28(19)4/h7-11H,5-6H2,1-4H3/b26-10+. The van der Waals surface area contributed by atoms with Crippen molar-refractivity contribution < 1.29 is 26.4 Å². The molecule has 3 aromatic heterocycles. The Balaban J connectivity index is 2.18. The van der Waals surface area contributed by atoms with Crippen LogP contribution in [-0.2, 0) is 27.9 Å². The van der Waals surface area contributed by atoms with Crippen LogP contribution in [0.2, 0.25) is 0 Å². The number of sulfone groups is 1. The maximum Gasteiger partial charge on any atom is 0.417 e. The van der Waals surface area contributed by atoms with Gasteiger partial charge in [0.1, 0.15) is 11.2 Å². The van der Waals surface area contributed by atoms with E-state index in [2.05, 4.69) is 20.1 Å². The molecule has 3 rings (SSSR count). The Morgan fingerprint density at radius 3 is 2.48 bits per heavy atom. The number of alkyl halides is 3. The van der Waals surface area contributed by atoms with Crippen molar-refractivity contribution in [2.24, 2.45) is 12.1 Å². The van der Waals surface area contributed by atoms with Gasteiger partial charge in [0.2, 0.25) is 5.91 Å². The molecule has 0 radical (unpaired) electrons. The van der Waals surface area contributed by atoms with Crippen molar-refractivity contribution in [1.82, 2.24) is 24.5 Å². The summed E-state index contributed by atoms with van der Waals surface area (Å²) >= 11 is 0. The van der Waals surface area contributed by atoms with E-state index in [1.807, 2.05) is 0 Å². The molecule has 1 amide bonds. The molecular formula is C20H21F3N6O3S. The van der Waals surface area contributed by atoms with Crippen LogP contribution in [0.25, 0.3) is 22.7 Å². The lowest BCUT2D eigenvalue weighted by Gasteiger charge is -2.12. The molecule has 13 heteroatoms. The van der Waals surface area contributed by atoms with Gasteiger partial charge in [-0.2, -0.15) is 18.3 Å². The number of nitrogens with zero attached hydrogens (tertiary/aromatic N) is 6. The number of amides is 1. The third kappa shape index (κ3) is 4.87. The highest BCUT2D eigenvalue weighted by Gasteiger charge is 2.32. The first kappa shape index (κ1) is 24.3. The monoisotopic (exact) mass is 482 g/mol. The van der Waals surface area contributed by atoms with Gasteiger partial charge in [-0.05, 0) is 19.1 Å². The molecule has 0 atom stereocenters. The second-order valence-electron chi connectivity index (χ2n) is 7.06. The van der Waals surface area contributed by atoms with Gasteiger partial charge in [-0.25, -0.2) is 23.4 Å². The molecule has 0 bridgehead atoms. The van der Waals surface area contributed by atoms with Crippen molar-refractivity contribution in [1.29, 1.82) is 0 Å². The summed E-state index contributed by atoms with van der Waals surface area (Å²) in [5.74, 6) is -0.478. The quantitative estimate of drug-likeness (QED) is 0.395. The highest BCUT2D eigenvalue weighted by Crippen LogP contribution is 2.32. The molecule has 0 spiro atoms. The van der Waals surface area contributed by atoms with Crippen molar-refractivity contribution in [3.63, 3.8) is 0 Å². The molecule has 0 aliphatic rings. The Labute approximate surface area is 187 Å². The van der Waals surface area contributed by atoms with Gasteiger partial charge in [0.05, 0.1) is 22.4 Å². The van der Waals surface area contributed by atoms with Crippen molar-refractivity contribution in [2.45, 2.75) is 31.8 Å². The number of aromatic nitrogens is 4. The van der Waals surface area contributed by atoms with Gasteiger partial charge in [-0.15, -0.1) is 0 Å². The van der Waals surface area contributed by atoms with Gasteiger partial charge in [0.25, 0.3) is 0 Å². The average molecular weight is 482 g/mol. The minimum Gasteiger partial charge on any atom is -0.310 e. The van der Waals surface area contributed by atoms with Crippen LogP contribution < -0.4 is 0 Å². The van der Waals surface area contributed by atoms with Crippen molar-refractivity contribution >= 4 is 33.1 Å². The average Bonchev–Trinajstić information content (AvgIpc) is 3.09. The minimum absolute atomic E-state index is 0.0259. The third-order valence-electron chi connectivity index (χ3n) is 4.85. The zero-order chi connectivity index (χ0) is 24.6. The van der Waals surface area contributed by atoms with Crippen molar-refractivity contribution in [2.75, 3.05) is 12.3 Å². The van der Waals surface area contributed by atoms with E-state index in [4.69, 9.17) is 0 Å². The Morgan fingerprint density at radius 2 is 1.91 bits per heavy atom. The lowest BCUT2D eigenvalue weighted by atomic mass is 10.2. The number of hydrogen-bond donors (Lipinski definition) is 0. The second kappa shape index (κ2) is 8.89. The van der Waals surface area contributed by atoms with Crippen LogP contribution >= 0.6 is 0 Å². The Hall–Kier alpha value is -3.35. The summed E-state index contributed by atoms with van der Waals surface area (Å²) in [6.45, 7) is 4.86. The lowest BCUT2D eigenvalue weighted by molar-refractivity contribution is -0.137. The summed E-state index contributed by atoms with van der Waals surface area (Å²) in [6.07, 6.45) is -1.25. The normalized spacial score (nSPS) is 12.6. The molecule has 3 heterocycles. The van der Waals surface area contributed by atoms with Crippen LogP contribution in [0.5, 0.6) is 0 Å². The number of aryl methyl sites for hydroxylation is 1. The molecule has 0 saturated heterocycles. The van der Waals surface area contributed by atoms with Gasteiger partial charge in [0, 0.05) is 38.5 Å². The first-order chi connectivity index (χ1) is 15.4. The molecular weight excluding hydrogens is 461 g/mol. The Morgan fingerprint density at radius 1 is 1.21 bits per heavy atom. The number of halogens is 3. The van der Waals surface area contributed by atoms with Crippen LogP contribution in [0, 0.1) is 0 Å². The lowest BCUT2D eigenvalue weighted by Crippen LogP contribution is -2.22. The van der Waals surface area contributed by atoms with Crippen molar-refractivity contribution in [3.05, 3.63) is 35.7 Å². The fourth-order valence-electron chi connectivity index (χ4n) is 3.06. The number of rotatable bonds is 6. The SMILES string of the molecule is CCN(/N=C/c1cnc(-c2nc3cc(C(F)(F)F)cnc3n2C)c(S(=O)(=O)CC)c1)C(C)=O. The molecule has 0 aromatic carbocycles. The predicted molar refractivity (Wildman–Crippen MR) is 115 cm³/mol. The van der Waals surface area contributed by atoms with Crippen LogP contribution in [0.15, 0.2) is 34.5 Å². The van der Waals surface area contributed by atoms with E-state index in [1.54, 1.807) is 6.92 Å². The molecule has 0 fully saturated rings. The molecule has 0 aliphatic carbocycles. The van der Waals surface area contributed by atoms with E-state index >= 15 is 0 Å². The van der Waals surface area contributed by atoms with E-state index in [0.29, 0.717) is 18.3 Å². The van der Waals surface area contributed by atoms with Gasteiger partial charge in [-0.1, -0.05) is 6.92 Å². The van der Waals surface area contributed by atoms with Crippen LogP contribution in [0.4, 0.5) is 13.2 Å². The van der Waals surface area contributed by atoms with E-state index in [0.717, 1.165) is 6.07 Å². The third-order valence-corrected chi connectivity index (χ3v) is 6.59. The van der Waals surface area contributed by atoms with E-state index in [1.165, 1.54) is 48.9 Å². The first-order valence-electron chi connectivity index (χ1n) is 9.84. The summed E-state index contributed by atoms with van der Waals surface area (Å²) < 4.78 is 66.2. The van der Waals surface area contributed by atoms with Crippen LogP contribution in [0.3, 0.4) is 0 Å². The number of pyridine rings is 2. The zero-order valence-corrected chi connectivity index (χ0v) is 19.1. The minimum atomic E-state index is -4.60. The Kier molecular flexibility index (Phi) is 6.54. The summed E-state index contributed by atoms with van der Waals surface area (Å²) in [7, 11) is -2.29. The first-order valence-corrected chi connectivity index (χ1v) is 11.5. The number of imidazole rings is 1. The van der Waals surface area contributed by atoms with E-state index in [9.17, 15) is 26.4 Å². The maximum absolute atomic E-state index is 13.1. The fourth-order valence-corrected chi connectivity index (χ4v) is 4.12. The summed E-state index contributed by atoms with van der Waals surface area (Å²) in [6, 6.07) is 2.19. The fraction of sp³-hybridized carbons (Fsp3) is 0.350. The van der Waals surface area contributed by atoms with Gasteiger partial charge < -0.3 is 4.57 Å². The van der Waals surface area contributed by atoms with E-state index in [-0.39, 0.29) is 39.2 Å². The number of hydrogen-bond acceptors (Lipinski definition) is 7. The molecule has 0 unspecified atom stereocenters. The van der Waals surface area contributed by atoms with Crippen molar-refractivity contribution in [3.8, 4) is 11.5 Å². The molecule has 0 N–H and O–H groups in total.